The van der Waals surface area contributed by atoms with Crippen molar-refractivity contribution in [1.82, 2.24) is 15.5 Å². The molecule has 0 saturated carbocycles. The number of hydrogen-bond donors (Lipinski definition) is 3. The molecule has 4 N–H and O–H groups in total. The number of H-pyrrole nitrogens is 1. The number of amides is 1. The van der Waals surface area contributed by atoms with Crippen molar-refractivity contribution in [3.05, 3.63) is 17.5 Å². The molecule has 1 rings (SSSR count). The molecule has 0 saturated heterocycles. The lowest BCUT2D eigenvalue weighted by Crippen LogP contribution is -2.38. The van der Waals surface area contributed by atoms with E-state index >= 15 is 0 Å². The van der Waals surface area contributed by atoms with E-state index in [1.807, 2.05) is 13.1 Å². The molecule has 1 atom stereocenters. The van der Waals surface area contributed by atoms with Crippen molar-refractivity contribution in [3.8, 4) is 0 Å². The van der Waals surface area contributed by atoms with Crippen LogP contribution in [-0.4, -0.2) is 28.7 Å². The second-order valence-electron chi connectivity index (χ2n) is 3.70. The Morgan fingerprint density at radius 3 is 3.00 bits per heavy atom. The van der Waals surface area contributed by atoms with E-state index in [1.54, 1.807) is 6.92 Å². The van der Waals surface area contributed by atoms with Gasteiger partial charge in [-0.1, -0.05) is 0 Å². The minimum Gasteiger partial charge on any atom is -0.355 e. The number of aryl methyl sites for hydroxylation is 2. The smallest absolute Gasteiger partial charge is 0.236 e. The lowest BCUT2D eigenvalue weighted by atomic mass is 10.1. The number of aromatic nitrogens is 2. The second-order valence-corrected chi connectivity index (χ2v) is 3.70. The molecular formula is C10H18N4O. The van der Waals surface area contributed by atoms with Crippen molar-refractivity contribution in [2.24, 2.45) is 5.73 Å². The number of carbonyl (C=O) groups is 1. The largest absolute Gasteiger partial charge is 0.355 e. The highest BCUT2D eigenvalue weighted by Crippen LogP contribution is 2.04. The number of rotatable bonds is 5. The molecule has 84 valence electrons. The van der Waals surface area contributed by atoms with Crippen molar-refractivity contribution in [2.75, 3.05) is 6.54 Å². The summed E-state index contributed by atoms with van der Waals surface area (Å²) in [6.45, 7) is 4.32. The SMILES string of the molecule is Cc1[nH]ncc1CCCNC(=O)C(C)N. The Morgan fingerprint density at radius 2 is 2.47 bits per heavy atom. The van der Waals surface area contributed by atoms with Crippen LogP contribution in [0.3, 0.4) is 0 Å². The van der Waals surface area contributed by atoms with Gasteiger partial charge in [-0.3, -0.25) is 9.89 Å². The minimum atomic E-state index is -0.430. The summed E-state index contributed by atoms with van der Waals surface area (Å²) in [5, 5.41) is 9.58. The molecule has 1 amide bonds. The third-order valence-electron chi connectivity index (χ3n) is 2.27. The topological polar surface area (TPSA) is 83.8 Å². The standard InChI is InChI=1S/C10H18N4O/c1-7(11)10(15)12-5-3-4-9-6-13-14-8(9)2/h6-7H,3-5,11H2,1-2H3,(H,12,15)(H,13,14). The van der Waals surface area contributed by atoms with Crippen LogP contribution in [0.1, 0.15) is 24.6 Å². The molecule has 5 nitrogen and oxygen atoms in total. The van der Waals surface area contributed by atoms with Gasteiger partial charge in [-0.2, -0.15) is 5.10 Å². The highest BCUT2D eigenvalue weighted by atomic mass is 16.2. The van der Waals surface area contributed by atoms with Gasteiger partial charge in [-0.05, 0) is 32.3 Å². The molecule has 1 unspecified atom stereocenters. The summed E-state index contributed by atoms with van der Waals surface area (Å²) in [5.41, 5.74) is 7.70. The van der Waals surface area contributed by atoms with E-state index in [0.717, 1.165) is 18.5 Å². The van der Waals surface area contributed by atoms with Gasteiger partial charge >= 0.3 is 0 Å². The van der Waals surface area contributed by atoms with Crippen LogP contribution < -0.4 is 11.1 Å². The summed E-state index contributed by atoms with van der Waals surface area (Å²) < 4.78 is 0. The molecule has 1 aromatic rings. The zero-order valence-corrected chi connectivity index (χ0v) is 9.21. The van der Waals surface area contributed by atoms with Crippen molar-refractivity contribution < 1.29 is 4.79 Å². The van der Waals surface area contributed by atoms with Crippen molar-refractivity contribution in [3.63, 3.8) is 0 Å². The van der Waals surface area contributed by atoms with Gasteiger partial charge in [0.1, 0.15) is 0 Å². The molecule has 0 aliphatic rings. The van der Waals surface area contributed by atoms with Crippen molar-refractivity contribution in [2.45, 2.75) is 32.7 Å². The van der Waals surface area contributed by atoms with Gasteiger partial charge < -0.3 is 11.1 Å². The van der Waals surface area contributed by atoms with Crippen LogP contribution in [0.15, 0.2) is 6.20 Å². The maximum Gasteiger partial charge on any atom is 0.236 e. The molecule has 0 radical (unpaired) electrons. The van der Waals surface area contributed by atoms with Gasteiger partial charge in [0, 0.05) is 12.2 Å². The van der Waals surface area contributed by atoms with E-state index in [2.05, 4.69) is 15.5 Å². The molecule has 0 aromatic carbocycles. The summed E-state index contributed by atoms with van der Waals surface area (Å²) >= 11 is 0. The van der Waals surface area contributed by atoms with Crippen LogP contribution in [0.5, 0.6) is 0 Å². The highest BCUT2D eigenvalue weighted by molar-refractivity contribution is 5.80. The zero-order valence-electron chi connectivity index (χ0n) is 9.21. The quantitative estimate of drug-likeness (QED) is 0.603. The average molecular weight is 210 g/mol. The third-order valence-corrected chi connectivity index (χ3v) is 2.27. The Kier molecular flexibility index (Phi) is 4.30. The number of nitrogens with one attached hydrogen (secondary N) is 2. The van der Waals surface area contributed by atoms with Crippen LogP contribution in [-0.2, 0) is 11.2 Å². The molecule has 0 bridgehead atoms. The number of aromatic amines is 1. The van der Waals surface area contributed by atoms with Gasteiger partial charge in [0.25, 0.3) is 0 Å². The molecule has 5 heteroatoms. The zero-order chi connectivity index (χ0) is 11.3. The van der Waals surface area contributed by atoms with E-state index in [1.165, 1.54) is 5.56 Å². The van der Waals surface area contributed by atoms with E-state index in [9.17, 15) is 4.79 Å². The summed E-state index contributed by atoms with van der Waals surface area (Å²) in [6, 6.07) is -0.430. The Morgan fingerprint density at radius 1 is 1.73 bits per heavy atom. The van der Waals surface area contributed by atoms with Gasteiger partial charge in [0.15, 0.2) is 0 Å². The summed E-state index contributed by atoms with van der Waals surface area (Å²) in [4.78, 5) is 11.1. The maximum absolute atomic E-state index is 11.1. The fourth-order valence-corrected chi connectivity index (χ4v) is 1.28. The van der Waals surface area contributed by atoms with Crippen molar-refractivity contribution >= 4 is 5.91 Å². The van der Waals surface area contributed by atoms with E-state index in [-0.39, 0.29) is 5.91 Å². The fraction of sp³-hybridized carbons (Fsp3) is 0.600. The van der Waals surface area contributed by atoms with Crippen LogP contribution in [0, 0.1) is 6.92 Å². The molecular weight excluding hydrogens is 192 g/mol. The van der Waals surface area contributed by atoms with E-state index in [4.69, 9.17) is 5.73 Å². The first-order chi connectivity index (χ1) is 7.11. The van der Waals surface area contributed by atoms with Gasteiger partial charge in [-0.25, -0.2) is 0 Å². The third kappa shape index (κ3) is 3.71. The predicted molar refractivity (Wildman–Crippen MR) is 58.3 cm³/mol. The molecule has 0 aliphatic carbocycles. The number of nitrogens with zero attached hydrogens (tertiary/aromatic N) is 1. The molecule has 0 spiro atoms. The second kappa shape index (κ2) is 5.50. The number of hydrogen-bond acceptors (Lipinski definition) is 3. The van der Waals surface area contributed by atoms with E-state index in [0.29, 0.717) is 6.54 Å². The van der Waals surface area contributed by atoms with Gasteiger partial charge in [0.2, 0.25) is 5.91 Å². The van der Waals surface area contributed by atoms with E-state index < -0.39 is 6.04 Å². The Hall–Kier alpha value is -1.36. The predicted octanol–water partition coefficient (Wildman–Crippen LogP) is 0.114. The summed E-state index contributed by atoms with van der Waals surface area (Å²) in [5.74, 6) is -0.0982. The maximum atomic E-state index is 11.1. The lowest BCUT2D eigenvalue weighted by Gasteiger charge is -2.06. The Bertz CT molecular complexity index is 319. The van der Waals surface area contributed by atoms with Gasteiger partial charge in [-0.15, -0.1) is 0 Å². The average Bonchev–Trinajstić information content (AvgIpc) is 2.58. The Labute approximate surface area is 89.4 Å². The molecule has 1 aromatic heterocycles. The number of nitrogens with two attached hydrogens (primary N) is 1. The van der Waals surface area contributed by atoms with Gasteiger partial charge in [0.05, 0.1) is 12.2 Å². The molecule has 0 fully saturated rings. The lowest BCUT2D eigenvalue weighted by molar-refractivity contribution is -0.121. The highest BCUT2D eigenvalue weighted by Gasteiger charge is 2.05. The Balaban J connectivity index is 2.18. The summed E-state index contributed by atoms with van der Waals surface area (Å²) in [7, 11) is 0. The van der Waals surface area contributed by atoms with Crippen molar-refractivity contribution in [1.29, 1.82) is 0 Å². The van der Waals surface area contributed by atoms with Crippen LogP contribution >= 0.6 is 0 Å². The van der Waals surface area contributed by atoms with Crippen LogP contribution in [0.25, 0.3) is 0 Å². The normalized spacial score (nSPS) is 12.5. The van der Waals surface area contributed by atoms with Crippen LogP contribution in [0.4, 0.5) is 0 Å². The minimum absolute atomic E-state index is 0.0982. The molecule has 0 aliphatic heterocycles. The molecule has 1 heterocycles. The molecule has 15 heavy (non-hydrogen) atoms. The number of carbonyl (C=O) groups excluding carboxylic acids is 1. The fourth-order valence-electron chi connectivity index (χ4n) is 1.28. The first-order valence-corrected chi connectivity index (χ1v) is 5.13. The first kappa shape index (κ1) is 11.7. The van der Waals surface area contributed by atoms with Crippen LogP contribution in [0.2, 0.25) is 0 Å². The summed E-state index contributed by atoms with van der Waals surface area (Å²) in [6.07, 6.45) is 3.64. The first-order valence-electron chi connectivity index (χ1n) is 5.13. The monoisotopic (exact) mass is 210 g/mol.